The van der Waals surface area contributed by atoms with E-state index in [4.69, 9.17) is 14.2 Å². The monoisotopic (exact) mass is 468 g/mol. The van der Waals surface area contributed by atoms with Crippen LogP contribution in [0.2, 0.25) is 0 Å². The zero-order chi connectivity index (χ0) is 24.6. The van der Waals surface area contributed by atoms with Gasteiger partial charge in [-0.25, -0.2) is 14.0 Å². The SMILES string of the molecule is C=CCOc1ccc(C(=O)Oc2ccc(-c3ccc(OC(=O)c4ccc(F)cc4)cc3)cc2)cc1. The summed E-state index contributed by atoms with van der Waals surface area (Å²) in [5.41, 5.74) is 2.45. The maximum Gasteiger partial charge on any atom is 0.343 e. The van der Waals surface area contributed by atoms with E-state index in [1.165, 1.54) is 24.3 Å². The van der Waals surface area contributed by atoms with Crippen molar-refractivity contribution in [1.82, 2.24) is 0 Å². The fourth-order valence-electron chi connectivity index (χ4n) is 3.19. The van der Waals surface area contributed by atoms with E-state index in [2.05, 4.69) is 6.58 Å². The second-order valence-corrected chi connectivity index (χ2v) is 7.46. The molecule has 0 spiro atoms. The van der Waals surface area contributed by atoms with E-state index in [-0.39, 0.29) is 5.56 Å². The quantitative estimate of drug-likeness (QED) is 0.168. The zero-order valence-electron chi connectivity index (χ0n) is 18.6. The first-order valence-electron chi connectivity index (χ1n) is 10.8. The van der Waals surface area contributed by atoms with E-state index >= 15 is 0 Å². The van der Waals surface area contributed by atoms with E-state index in [1.54, 1.807) is 54.6 Å². The van der Waals surface area contributed by atoms with Gasteiger partial charge in [0, 0.05) is 0 Å². The third kappa shape index (κ3) is 6.21. The largest absolute Gasteiger partial charge is 0.490 e. The van der Waals surface area contributed by atoms with Crippen LogP contribution in [0.4, 0.5) is 4.39 Å². The first kappa shape index (κ1) is 23.4. The molecule has 0 aromatic heterocycles. The van der Waals surface area contributed by atoms with Crippen molar-refractivity contribution in [2.45, 2.75) is 0 Å². The molecule has 5 nitrogen and oxygen atoms in total. The predicted octanol–water partition coefficient (Wildman–Crippen LogP) is 6.50. The number of rotatable bonds is 8. The van der Waals surface area contributed by atoms with Crippen LogP contribution in [-0.4, -0.2) is 18.5 Å². The Balaban J connectivity index is 1.35. The average molecular weight is 468 g/mol. The molecular formula is C29H21FO5. The molecule has 4 aromatic carbocycles. The minimum Gasteiger partial charge on any atom is -0.490 e. The Morgan fingerprint density at radius 2 is 1.03 bits per heavy atom. The Morgan fingerprint density at radius 1 is 0.629 bits per heavy atom. The summed E-state index contributed by atoms with van der Waals surface area (Å²) in [5.74, 6) is -0.0364. The van der Waals surface area contributed by atoms with Crippen LogP contribution in [0.3, 0.4) is 0 Å². The number of ether oxygens (including phenoxy) is 3. The number of benzene rings is 4. The zero-order valence-corrected chi connectivity index (χ0v) is 18.6. The lowest BCUT2D eigenvalue weighted by molar-refractivity contribution is 0.0725. The van der Waals surface area contributed by atoms with Gasteiger partial charge in [0.25, 0.3) is 0 Å². The Kier molecular flexibility index (Phi) is 7.33. The van der Waals surface area contributed by atoms with Gasteiger partial charge in [-0.3, -0.25) is 0 Å². The van der Waals surface area contributed by atoms with Crippen molar-refractivity contribution >= 4 is 11.9 Å². The highest BCUT2D eigenvalue weighted by Crippen LogP contribution is 2.25. The topological polar surface area (TPSA) is 61.8 Å². The van der Waals surface area contributed by atoms with Gasteiger partial charge in [-0.15, -0.1) is 0 Å². The Hall–Kier alpha value is -4.71. The molecule has 0 saturated heterocycles. The number of hydrogen-bond acceptors (Lipinski definition) is 5. The first-order chi connectivity index (χ1) is 17.0. The molecule has 0 atom stereocenters. The number of carbonyl (C=O) groups is 2. The molecular weight excluding hydrogens is 447 g/mol. The number of halogens is 1. The lowest BCUT2D eigenvalue weighted by atomic mass is 10.1. The minimum atomic E-state index is -0.567. The van der Waals surface area contributed by atoms with Crippen LogP contribution in [0.15, 0.2) is 110 Å². The molecule has 0 bridgehead atoms. The number of esters is 2. The third-order valence-corrected chi connectivity index (χ3v) is 5.00. The summed E-state index contributed by atoms with van der Waals surface area (Å²) in [4.78, 5) is 24.6. The summed E-state index contributed by atoms with van der Waals surface area (Å²) in [6, 6.07) is 25.9. The molecule has 6 heteroatoms. The summed E-state index contributed by atoms with van der Waals surface area (Å²) in [6.45, 7) is 3.98. The van der Waals surface area contributed by atoms with Crippen molar-refractivity contribution in [2.75, 3.05) is 6.61 Å². The molecule has 0 saturated carbocycles. The highest BCUT2D eigenvalue weighted by atomic mass is 19.1. The highest BCUT2D eigenvalue weighted by Gasteiger charge is 2.11. The van der Waals surface area contributed by atoms with Gasteiger partial charge in [-0.05, 0) is 83.9 Å². The smallest absolute Gasteiger partial charge is 0.343 e. The van der Waals surface area contributed by atoms with E-state index in [0.29, 0.717) is 29.4 Å². The van der Waals surface area contributed by atoms with Gasteiger partial charge in [0.1, 0.15) is 29.7 Å². The standard InChI is InChI=1S/C29H21FO5/c1-2-19-33-25-13-9-23(10-14-25)29(32)35-27-17-7-21(8-18-27)20-5-15-26(16-6-20)34-28(31)22-3-11-24(30)12-4-22/h2-18H,1,19H2. The number of carbonyl (C=O) groups excluding carboxylic acids is 2. The second kappa shape index (κ2) is 10.9. The Labute approximate surface area is 202 Å². The fourth-order valence-corrected chi connectivity index (χ4v) is 3.19. The minimum absolute atomic E-state index is 0.262. The molecule has 0 amide bonds. The molecule has 0 radical (unpaired) electrons. The van der Waals surface area contributed by atoms with Gasteiger partial charge in [-0.1, -0.05) is 36.9 Å². The van der Waals surface area contributed by atoms with E-state index in [1.807, 2.05) is 24.3 Å². The van der Waals surface area contributed by atoms with Gasteiger partial charge >= 0.3 is 11.9 Å². The van der Waals surface area contributed by atoms with Crippen LogP contribution in [0.5, 0.6) is 17.2 Å². The van der Waals surface area contributed by atoms with Crippen LogP contribution in [0.1, 0.15) is 20.7 Å². The lowest BCUT2D eigenvalue weighted by Crippen LogP contribution is -2.08. The summed E-state index contributed by atoms with van der Waals surface area (Å²) in [5, 5.41) is 0. The number of hydrogen-bond donors (Lipinski definition) is 0. The van der Waals surface area contributed by atoms with Gasteiger partial charge in [-0.2, -0.15) is 0 Å². The second-order valence-electron chi connectivity index (χ2n) is 7.46. The molecule has 0 N–H and O–H groups in total. The van der Waals surface area contributed by atoms with Crippen molar-refractivity contribution in [3.8, 4) is 28.4 Å². The lowest BCUT2D eigenvalue weighted by Gasteiger charge is -2.08. The molecule has 0 aliphatic carbocycles. The maximum atomic E-state index is 13.0. The summed E-state index contributed by atoms with van der Waals surface area (Å²) in [6.07, 6.45) is 1.64. The molecule has 35 heavy (non-hydrogen) atoms. The highest BCUT2D eigenvalue weighted by molar-refractivity contribution is 5.91. The average Bonchev–Trinajstić information content (AvgIpc) is 2.89. The third-order valence-electron chi connectivity index (χ3n) is 5.00. The van der Waals surface area contributed by atoms with Gasteiger partial charge < -0.3 is 14.2 Å². The van der Waals surface area contributed by atoms with Crippen LogP contribution >= 0.6 is 0 Å². The molecule has 0 fully saturated rings. The molecule has 0 aliphatic rings. The molecule has 174 valence electrons. The van der Waals surface area contributed by atoms with Crippen molar-refractivity contribution in [3.63, 3.8) is 0 Å². The summed E-state index contributed by atoms with van der Waals surface area (Å²) >= 11 is 0. The molecule has 0 aliphatic heterocycles. The summed E-state index contributed by atoms with van der Waals surface area (Å²) in [7, 11) is 0. The molecule has 0 unspecified atom stereocenters. The van der Waals surface area contributed by atoms with Crippen LogP contribution in [0.25, 0.3) is 11.1 Å². The van der Waals surface area contributed by atoms with Gasteiger partial charge in [0.05, 0.1) is 11.1 Å². The Morgan fingerprint density at radius 3 is 1.46 bits per heavy atom. The fraction of sp³-hybridized carbons (Fsp3) is 0.0345. The first-order valence-corrected chi connectivity index (χ1v) is 10.8. The molecule has 4 aromatic rings. The van der Waals surface area contributed by atoms with E-state index < -0.39 is 17.8 Å². The van der Waals surface area contributed by atoms with Crippen molar-refractivity contribution in [3.05, 3.63) is 127 Å². The van der Waals surface area contributed by atoms with Crippen LogP contribution in [0, 0.1) is 5.82 Å². The molecule has 0 heterocycles. The van der Waals surface area contributed by atoms with Crippen molar-refractivity contribution in [2.24, 2.45) is 0 Å². The maximum absolute atomic E-state index is 13.0. The normalized spacial score (nSPS) is 10.3. The van der Waals surface area contributed by atoms with E-state index in [9.17, 15) is 14.0 Å². The van der Waals surface area contributed by atoms with Crippen molar-refractivity contribution in [1.29, 1.82) is 0 Å². The van der Waals surface area contributed by atoms with Gasteiger partial charge in [0.15, 0.2) is 0 Å². The summed E-state index contributed by atoms with van der Waals surface area (Å²) < 4.78 is 29.2. The van der Waals surface area contributed by atoms with Crippen LogP contribution < -0.4 is 14.2 Å². The Bertz CT molecular complexity index is 1310. The van der Waals surface area contributed by atoms with Crippen LogP contribution in [-0.2, 0) is 0 Å². The predicted molar refractivity (Wildman–Crippen MR) is 130 cm³/mol. The van der Waals surface area contributed by atoms with Crippen molar-refractivity contribution < 1.29 is 28.2 Å². The molecule has 4 rings (SSSR count). The van der Waals surface area contributed by atoms with E-state index in [0.717, 1.165) is 11.1 Å². The van der Waals surface area contributed by atoms with Gasteiger partial charge in [0.2, 0.25) is 0 Å².